The van der Waals surface area contributed by atoms with Gasteiger partial charge in [-0.15, -0.1) is 0 Å². The number of piperazine rings is 1. The minimum Gasteiger partial charge on any atom is -0.370 e. The number of ether oxygens (including phenoxy) is 1. The minimum atomic E-state index is 0.0829. The first-order chi connectivity index (χ1) is 19.1. The Hall–Kier alpha value is -2.46. The summed E-state index contributed by atoms with van der Waals surface area (Å²) in [4.78, 5) is 32.0. The highest BCUT2D eigenvalue weighted by Gasteiger charge is 2.42. The van der Waals surface area contributed by atoms with E-state index in [0.29, 0.717) is 29.9 Å². The van der Waals surface area contributed by atoms with Gasteiger partial charge in [-0.1, -0.05) is 30.2 Å². The molecule has 1 aromatic carbocycles. The molecule has 7 rings (SSSR count). The van der Waals surface area contributed by atoms with Crippen molar-refractivity contribution in [2.75, 3.05) is 25.0 Å². The van der Waals surface area contributed by atoms with Crippen LogP contribution in [0, 0.1) is 5.92 Å². The summed E-state index contributed by atoms with van der Waals surface area (Å²) in [6.45, 7) is 6.32. The third-order valence-corrected chi connectivity index (χ3v) is 10.1. The molecule has 3 heterocycles. The Kier molecular flexibility index (Phi) is 7.09. The van der Waals surface area contributed by atoms with Crippen LogP contribution in [0.4, 0.5) is 5.13 Å². The van der Waals surface area contributed by atoms with Crippen LogP contribution in [0.25, 0.3) is 21.3 Å². The van der Waals surface area contributed by atoms with Gasteiger partial charge in [-0.25, -0.2) is 15.0 Å². The van der Waals surface area contributed by atoms with Gasteiger partial charge in [-0.2, -0.15) is 0 Å². The van der Waals surface area contributed by atoms with Crippen molar-refractivity contribution in [2.45, 2.75) is 89.1 Å². The Bertz CT molecular complexity index is 1310. The van der Waals surface area contributed by atoms with Crippen molar-refractivity contribution in [3.63, 3.8) is 0 Å². The predicted molar refractivity (Wildman–Crippen MR) is 154 cm³/mol. The molecule has 1 unspecified atom stereocenters. The summed E-state index contributed by atoms with van der Waals surface area (Å²) in [5, 5.41) is 3.78. The van der Waals surface area contributed by atoms with Gasteiger partial charge in [-0.05, 0) is 63.1 Å². The zero-order chi connectivity index (χ0) is 26.3. The smallest absolute Gasteiger partial charge is 0.229 e. The van der Waals surface area contributed by atoms with E-state index in [1.54, 1.807) is 0 Å². The maximum absolute atomic E-state index is 13.0. The molecule has 1 aliphatic heterocycles. The van der Waals surface area contributed by atoms with Gasteiger partial charge in [0, 0.05) is 61.6 Å². The topological polar surface area (TPSA) is 83.5 Å². The van der Waals surface area contributed by atoms with E-state index < -0.39 is 0 Å². The van der Waals surface area contributed by atoms with Crippen LogP contribution in [0.2, 0.25) is 0 Å². The molecule has 3 saturated carbocycles. The molecule has 0 spiro atoms. The lowest BCUT2D eigenvalue weighted by molar-refractivity contribution is -0.125. The fraction of sp³-hybridized carbons (Fsp3) is 0.600. The Morgan fingerprint density at radius 1 is 1.05 bits per heavy atom. The van der Waals surface area contributed by atoms with Crippen molar-refractivity contribution in [2.24, 2.45) is 5.92 Å². The zero-order valence-electron chi connectivity index (χ0n) is 22.7. The van der Waals surface area contributed by atoms with E-state index in [2.05, 4.69) is 43.1 Å². The number of anilines is 1. The van der Waals surface area contributed by atoms with Crippen molar-refractivity contribution in [3.8, 4) is 11.1 Å². The van der Waals surface area contributed by atoms with Crippen LogP contribution in [-0.2, 0) is 16.1 Å². The maximum atomic E-state index is 13.0. The summed E-state index contributed by atoms with van der Waals surface area (Å²) < 4.78 is 6.99. The van der Waals surface area contributed by atoms with Gasteiger partial charge in [0.05, 0.1) is 16.3 Å². The summed E-state index contributed by atoms with van der Waals surface area (Å²) in [6.07, 6.45) is 13.6. The molecule has 1 amide bonds. The Morgan fingerprint density at radius 2 is 1.85 bits per heavy atom. The largest absolute Gasteiger partial charge is 0.370 e. The van der Waals surface area contributed by atoms with Crippen LogP contribution in [0.5, 0.6) is 0 Å². The second-order valence-electron chi connectivity index (χ2n) is 11.9. The van der Waals surface area contributed by atoms with Crippen LogP contribution in [0.15, 0.2) is 30.6 Å². The second kappa shape index (κ2) is 10.8. The molecular weight excluding hydrogens is 508 g/mol. The fourth-order valence-corrected chi connectivity index (χ4v) is 7.49. The summed E-state index contributed by atoms with van der Waals surface area (Å²) >= 11 is 1.53. The van der Waals surface area contributed by atoms with Crippen molar-refractivity contribution in [1.82, 2.24) is 24.8 Å². The third-order valence-electron chi connectivity index (χ3n) is 9.13. The van der Waals surface area contributed by atoms with Crippen LogP contribution in [0.1, 0.15) is 64.1 Å². The SMILES string of the molecule is CC1CN(C2CC2)CCN1C1CC(C(=O)Nc2nc3ccc(-c4cnc(COC5CCCC5)nc4)cc3s2)C1. The van der Waals surface area contributed by atoms with E-state index in [9.17, 15) is 4.79 Å². The maximum Gasteiger partial charge on any atom is 0.229 e. The molecule has 0 radical (unpaired) electrons. The normalized spacial score (nSPS) is 26.6. The summed E-state index contributed by atoms with van der Waals surface area (Å²) in [7, 11) is 0. The number of carbonyl (C=O) groups is 1. The van der Waals surface area contributed by atoms with Crippen molar-refractivity contribution in [3.05, 3.63) is 36.4 Å². The average Bonchev–Trinajstić information content (AvgIpc) is 3.48. The fourth-order valence-electron chi connectivity index (χ4n) is 6.58. The first-order valence-corrected chi connectivity index (χ1v) is 15.5. The molecule has 1 saturated heterocycles. The summed E-state index contributed by atoms with van der Waals surface area (Å²) in [5.74, 6) is 0.917. The minimum absolute atomic E-state index is 0.0829. The van der Waals surface area contributed by atoms with Gasteiger partial charge in [-0.3, -0.25) is 14.6 Å². The molecule has 8 nitrogen and oxygen atoms in total. The molecular formula is C30H38N6O2S. The Morgan fingerprint density at radius 3 is 2.59 bits per heavy atom. The molecule has 1 atom stereocenters. The lowest BCUT2D eigenvalue weighted by Gasteiger charge is -2.49. The zero-order valence-corrected chi connectivity index (χ0v) is 23.5. The highest BCUT2D eigenvalue weighted by molar-refractivity contribution is 7.22. The summed E-state index contributed by atoms with van der Waals surface area (Å²) in [6, 6.07) is 8.13. The number of hydrogen-bond donors (Lipinski definition) is 1. The number of amides is 1. The van der Waals surface area contributed by atoms with Gasteiger partial charge >= 0.3 is 0 Å². The number of rotatable bonds is 8. The Balaban J connectivity index is 0.929. The molecule has 206 valence electrons. The average molecular weight is 547 g/mol. The molecule has 4 aliphatic rings. The van der Waals surface area contributed by atoms with E-state index in [0.717, 1.165) is 65.4 Å². The molecule has 1 N–H and O–H groups in total. The Labute approximate surface area is 234 Å². The van der Waals surface area contributed by atoms with Gasteiger partial charge in [0.2, 0.25) is 5.91 Å². The standard InChI is InChI=1S/C30H38N6O2S/c1-19-17-35(23-7-8-23)10-11-36(19)24-12-21(13-24)29(37)34-30-33-26-9-6-20(14-27(26)39-30)22-15-31-28(32-16-22)18-38-25-4-2-3-5-25/h6,9,14-16,19,21,23-25H,2-5,7-8,10-13,17-18H2,1H3,(H,33,34,37). The van der Waals surface area contributed by atoms with E-state index in [4.69, 9.17) is 4.74 Å². The monoisotopic (exact) mass is 546 g/mol. The first kappa shape index (κ1) is 25.5. The van der Waals surface area contributed by atoms with E-state index in [-0.39, 0.29) is 11.8 Å². The number of benzene rings is 1. The van der Waals surface area contributed by atoms with Gasteiger partial charge in [0.1, 0.15) is 6.61 Å². The molecule has 4 fully saturated rings. The van der Waals surface area contributed by atoms with Crippen molar-refractivity contribution in [1.29, 1.82) is 0 Å². The molecule has 3 aliphatic carbocycles. The van der Waals surface area contributed by atoms with Crippen LogP contribution in [0.3, 0.4) is 0 Å². The number of nitrogens with one attached hydrogen (secondary N) is 1. The molecule has 39 heavy (non-hydrogen) atoms. The number of carbonyl (C=O) groups excluding carboxylic acids is 1. The predicted octanol–water partition coefficient (Wildman–Crippen LogP) is 5.10. The number of aromatic nitrogens is 3. The van der Waals surface area contributed by atoms with Crippen LogP contribution < -0.4 is 5.32 Å². The van der Waals surface area contributed by atoms with E-state index in [1.165, 1.54) is 50.1 Å². The van der Waals surface area contributed by atoms with Crippen molar-refractivity contribution >= 4 is 32.6 Å². The van der Waals surface area contributed by atoms with Gasteiger partial charge < -0.3 is 10.1 Å². The molecule has 3 aromatic rings. The number of fused-ring (bicyclic) bond motifs is 1. The number of nitrogens with zero attached hydrogens (tertiary/aromatic N) is 5. The highest BCUT2D eigenvalue weighted by atomic mass is 32.1. The van der Waals surface area contributed by atoms with Gasteiger partial charge in [0.25, 0.3) is 0 Å². The van der Waals surface area contributed by atoms with Gasteiger partial charge in [0.15, 0.2) is 11.0 Å². The second-order valence-corrected chi connectivity index (χ2v) is 13.0. The number of hydrogen-bond acceptors (Lipinski definition) is 8. The molecule has 9 heteroatoms. The van der Waals surface area contributed by atoms with Crippen LogP contribution >= 0.6 is 11.3 Å². The first-order valence-electron chi connectivity index (χ1n) is 14.7. The molecule has 0 bridgehead atoms. The summed E-state index contributed by atoms with van der Waals surface area (Å²) in [5.41, 5.74) is 2.91. The third kappa shape index (κ3) is 5.59. The number of thiazole rings is 1. The van der Waals surface area contributed by atoms with E-state index in [1.807, 2.05) is 24.5 Å². The highest BCUT2D eigenvalue weighted by Crippen LogP contribution is 2.37. The quantitative estimate of drug-likeness (QED) is 0.421. The van der Waals surface area contributed by atoms with Crippen molar-refractivity contribution < 1.29 is 9.53 Å². The van der Waals surface area contributed by atoms with E-state index >= 15 is 0 Å². The lowest BCUT2D eigenvalue weighted by Crippen LogP contribution is -2.59. The van der Waals surface area contributed by atoms with Crippen LogP contribution in [-0.4, -0.2) is 74.5 Å². The lowest BCUT2D eigenvalue weighted by atomic mass is 9.78. The molecule has 2 aromatic heterocycles.